The normalized spacial score (nSPS) is 14.9. The summed E-state index contributed by atoms with van der Waals surface area (Å²) in [4.78, 5) is 25.9. The molecule has 1 saturated carbocycles. The topological polar surface area (TPSA) is 120 Å². The zero-order valence-electron chi connectivity index (χ0n) is 17.3. The van der Waals surface area contributed by atoms with Crippen LogP contribution in [-0.2, 0) is 9.84 Å². The number of carbonyl (C=O) groups is 1. The molecule has 2 heterocycles. The van der Waals surface area contributed by atoms with E-state index in [0.29, 0.717) is 16.7 Å². The lowest BCUT2D eigenvalue weighted by Crippen LogP contribution is -2.29. The highest BCUT2D eigenvalue weighted by Crippen LogP contribution is 2.38. The standard InChI is InChI=1S/C20H20Cl2N6O3S/c1-3-32(30,31)16-7-13(6-14(21)8-16)19(29)25-11(2)18-26-17(12-4-5-12)27-28(18)20-23-9-15(22)10-24-20/h6-12H,3-5H2,1-2H3,(H,25,29)/t11-/m0/s1. The SMILES string of the molecule is CCS(=O)(=O)c1cc(Cl)cc(C(=O)N[C@@H](C)c2nc(C3CC3)nn2-c2ncc(Cl)cn2)c1. The fourth-order valence-electron chi connectivity index (χ4n) is 3.08. The van der Waals surface area contributed by atoms with Crippen molar-refractivity contribution in [3.05, 3.63) is 57.9 Å². The third kappa shape index (κ3) is 4.77. The molecule has 32 heavy (non-hydrogen) atoms. The summed E-state index contributed by atoms with van der Waals surface area (Å²) in [6.07, 6.45) is 4.92. The van der Waals surface area contributed by atoms with Crippen LogP contribution in [0.2, 0.25) is 10.0 Å². The van der Waals surface area contributed by atoms with E-state index in [1.807, 2.05) is 0 Å². The molecule has 12 heteroatoms. The molecule has 1 atom stereocenters. The van der Waals surface area contributed by atoms with Gasteiger partial charge in [0, 0.05) is 16.5 Å². The number of nitrogens with zero attached hydrogens (tertiary/aromatic N) is 5. The zero-order chi connectivity index (χ0) is 23.0. The first-order chi connectivity index (χ1) is 15.2. The van der Waals surface area contributed by atoms with E-state index in [1.54, 1.807) is 6.92 Å². The molecule has 1 aromatic carbocycles. The van der Waals surface area contributed by atoms with Crippen molar-refractivity contribution in [3.8, 4) is 5.95 Å². The third-order valence-electron chi connectivity index (χ3n) is 4.99. The molecular formula is C20H20Cl2N6O3S. The van der Waals surface area contributed by atoms with Gasteiger partial charge in [-0.1, -0.05) is 30.1 Å². The fraction of sp³-hybridized carbons (Fsp3) is 0.350. The fourth-order valence-corrected chi connectivity index (χ4v) is 4.43. The number of benzene rings is 1. The van der Waals surface area contributed by atoms with Gasteiger partial charge in [-0.25, -0.2) is 23.4 Å². The van der Waals surface area contributed by atoms with E-state index in [2.05, 4.69) is 25.4 Å². The van der Waals surface area contributed by atoms with Crippen LogP contribution >= 0.6 is 23.2 Å². The Morgan fingerprint density at radius 1 is 1.19 bits per heavy atom. The van der Waals surface area contributed by atoms with E-state index < -0.39 is 21.8 Å². The maximum absolute atomic E-state index is 12.9. The molecule has 1 aliphatic rings. The van der Waals surface area contributed by atoms with Crippen LogP contribution in [0.5, 0.6) is 0 Å². The molecule has 0 unspecified atom stereocenters. The van der Waals surface area contributed by atoms with Gasteiger partial charge < -0.3 is 5.32 Å². The van der Waals surface area contributed by atoms with E-state index in [4.69, 9.17) is 23.2 Å². The van der Waals surface area contributed by atoms with E-state index in [9.17, 15) is 13.2 Å². The molecule has 0 radical (unpaired) electrons. The van der Waals surface area contributed by atoms with Crippen LogP contribution in [-0.4, -0.2) is 44.8 Å². The number of hydrogen-bond donors (Lipinski definition) is 1. The Balaban J connectivity index is 1.64. The van der Waals surface area contributed by atoms with Crippen molar-refractivity contribution in [1.82, 2.24) is 30.0 Å². The van der Waals surface area contributed by atoms with E-state index in [1.165, 1.54) is 42.2 Å². The van der Waals surface area contributed by atoms with E-state index >= 15 is 0 Å². The van der Waals surface area contributed by atoms with Gasteiger partial charge in [-0.05, 0) is 38.0 Å². The average molecular weight is 495 g/mol. The summed E-state index contributed by atoms with van der Waals surface area (Å²) in [6, 6.07) is 3.49. The van der Waals surface area contributed by atoms with Crippen molar-refractivity contribution in [3.63, 3.8) is 0 Å². The summed E-state index contributed by atoms with van der Waals surface area (Å²) in [7, 11) is -3.52. The molecule has 0 bridgehead atoms. The van der Waals surface area contributed by atoms with E-state index in [0.717, 1.165) is 12.8 Å². The van der Waals surface area contributed by atoms with Gasteiger partial charge >= 0.3 is 0 Å². The van der Waals surface area contributed by atoms with Crippen molar-refractivity contribution in [1.29, 1.82) is 0 Å². The van der Waals surface area contributed by atoms with Gasteiger partial charge in [0.2, 0.25) is 0 Å². The highest BCUT2D eigenvalue weighted by atomic mass is 35.5. The second kappa shape index (κ2) is 8.76. The number of sulfone groups is 1. The summed E-state index contributed by atoms with van der Waals surface area (Å²) in [5.41, 5.74) is 0.132. The van der Waals surface area contributed by atoms with Crippen LogP contribution < -0.4 is 5.32 Å². The molecular weight excluding hydrogens is 475 g/mol. The molecule has 3 aromatic rings. The summed E-state index contributed by atoms with van der Waals surface area (Å²) in [5.74, 6) is 1.08. The first-order valence-electron chi connectivity index (χ1n) is 9.97. The number of aromatic nitrogens is 5. The predicted octanol–water partition coefficient (Wildman–Crippen LogP) is 3.53. The molecule has 1 N–H and O–H groups in total. The lowest BCUT2D eigenvalue weighted by molar-refractivity contribution is 0.0937. The molecule has 0 aliphatic heterocycles. The summed E-state index contributed by atoms with van der Waals surface area (Å²) >= 11 is 12.0. The van der Waals surface area contributed by atoms with Gasteiger partial charge in [0.05, 0.1) is 34.1 Å². The minimum Gasteiger partial charge on any atom is -0.342 e. The molecule has 168 valence electrons. The second-order valence-electron chi connectivity index (χ2n) is 7.49. The van der Waals surface area contributed by atoms with Gasteiger partial charge in [0.25, 0.3) is 11.9 Å². The first-order valence-corrected chi connectivity index (χ1v) is 12.4. The van der Waals surface area contributed by atoms with Crippen molar-refractivity contribution >= 4 is 38.9 Å². The Bertz CT molecular complexity index is 1270. The number of halogens is 2. The van der Waals surface area contributed by atoms with Crippen LogP contribution in [0.25, 0.3) is 5.95 Å². The van der Waals surface area contributed by atoms with Gasteiger partial charge in [0.15, 0.2) is 21.5 Å². The first kappa shape index (κ1) is 22.6. The van der Waals surface area contributed by atoms with Gasteiger partial charge in [-0.2, -0.15) is 4.68 Å². The Morgan fingerprint density at radius 2 is 1.88 bits per heavy atom. The van der Waals surface area contributed by atoms with Gasteiger partial charge in [-0.3, -0.25) is 4.79 Å². The minimum atomic E-state index is -3.52. The highest BCUT2D eigenvalue weighted by Gasteiger charge is 2.31. The smallest absolute Gasteiger partial charge is 0.252 e. The Morgan fingerprint density at radius 3 is 2.50 bits per heavy atom. The average Bonchev–Trinajstić information content (AvgIpc) is 3.52. The number of amides is 1. The molecule has 0 saturated heterocycles. The summed E-state index contributed by atoms with van der Waals surface area (Å²) in [6.45, 7) is 3.28. The highest BCUT2D eigenvalue weighted by molar-refractivity contribution is 7.91. The van der Waals surface area contributed by atoms with Crippen LogP contribution in [0.1, 0.15) is 60.7 Å². The van der Waals surface area contributed by atoms with Crippen molar-refractivity contribution in [2.75, 3.05) is 5.75 Å². The molecule has 0 spiro atoms. The third-order valence-corrected chi connectivity index (χ3v) is 7.12. The van der Waals surface area contributed by atoms with Crippen molar-refractivity contribution in [2.24, 2.45) is 0 Å². The molecule has 9 nitrogen and oxygen atoms in total. The minimum absolute atomic E-state index is 0.000876. The largest absolute Gasteiger partial charge is 0.342 e. The quantitative estimate of drug-likeness (QED) is 0.533. The van der Waals surface area contributed by atoms with Crippen LogP contribution in [0.15, 0.2) is 35.5 Å². The maximum atomic E-state index is 12.9. The molecule has 1 fully saturated rings. The maximum Gasteiger partial charge on any atom is 0.252 e. The van der Waals surface area contributed by atoms with Gasteiger partial charge in [0.1, 0.15) is 0 Å². The van der Waals surface area contributed by atoms with Gasteiger partial charge in [-0.15, -0.1) is 5.10 Å². The van der Waals surface area contributed by atoms with Crippen LogP contribution in [0.3, 0.4) is 0 Å². The van der Waals surface area contributed by atoms with Crippen LogP contribution in [0, 0.1) is 0 Å². The summed E-state index contributed by atoms with van der Waals surface area (Å²) in [5, 5.41) is 7.91. The Kier molecular flexibility index (Phi) is 6.19. The number of nitrogens with one attached hydrogen (secondary N) is 1. The Hall–Kier alpha value is -2.56. The lowest BCUT2D eigenvalue weighted by atomic mass is 10.2. The number of hydrogen-bond acceptors (Lipinski definition) is 7. The molecule has 2 aromatic heterocycles. The van der Waals surface area contributed by atoms with Crippen molar-refractivity contribution in [2.45, 2.75) is 43.5 Å². The lowest BCUT2D eigenvalue weighted by Gasteiger charge is -2.14. The Labute approximate surface area is 195 Å². The number of rotatable bonds is 7. The van der Waals surface area contributed by atoms with Crippen LogP contribution in [0.4, 0.5) is 0 Å². The second-order valence-corrected chi connectivity index (χ2v) is 10.6. The predicted molar refractivity (Wildman–Crippen MR) is 119 cm³/mol. The zero-order valence-corrected chi connectivity index (χ0v) is 19.6. The molecule has 1 amide bonds. The molecule has 4 rings (SSSR count). The van der Waals surface area contributed by atoms with Crippen molar-refractivity contribution < 1.29 is 13.2 Å². The van der Waals surface area contributed by atoms with E-state index in [-0.39, 0.29) is 33.1 Å². The monoisotopic (exact) mass is 494 g/mol. The number of carbonyl (C=O) groups excluding carboxylic acids is 1. The molecule has 1 aliphatic carbocycles. The summed E-state index contributed by atoms with van der Waals surface area (Å²) < 4.78 is 26.0.